The number of aliphatic hydroxyl groups is 1. The minimum Gasteiger partial charge on any atom is -0.481 e. The maximum absolute atomic E-state index is 14.6. The molecule has 1 fully saturated rings. The van der Waals surface area contributed by atoms with Crippen molar-refractivity contribution in [3.05, 3.63) is 89.0 Å². The zero-order chi connectivity index (χ0) is 32.5. The summed E-state index contributed by atoms with van der Waals surface area (Å²) >= 11 is 0. The molecule has 1 saturated heterocycles. The molecule has 236 valence electrons. The number of rotatable bonds is 11. The van der Waals surface area contributed by atoms with Crippen molar-refractivity contribution >= 4 is 23.8 Å². The van der Waals surface area contributed by atoms with E-state index in [0.29, 0.717) is 18.4 Å². The fourth-order valence-corrected chi connectivity index (χ4v) is 5.25. The molecule has 0 radical (unpaired) electrons. The van der Waals surface area contributed by atoms with Crippen molar-refractivity contribution in [3.63, 3.8) is 0 Å². The molecule has 0 bridgehead atoms. The van der Waals surface area contributed by atoms with E-state index in [1.807, 2.05) is 35.1 Å². The number of carboxylic acid groups (broad SMARTS) is 3. The predicted molar refractivity (Wildman–Crippen MR) is 156 cm³/mol. The standard InChI is InChI=1S/C25H29FN4O.C6H8O7/c1-19-22(16-27-30(19)17-21-8-4-3-5-9-21)18-29-14-12-25(13-15-29,28-20(2)31)23-10-6-7-11-24(23)26;7-3(8)1-6(13,5(11)12)2-4(9)10/h3-11,16H,12-15,17-18H2,1-2H3,(H,28,31);13H,1-2H2,(H,7,8)(H,9,10)(H,11,12). The van der Waals surface area contributed by atoms with E-state index < -0.39 is 41.9 Å². The first-order valence-corrected chi connectivity index (χ1v) is 14.0. The number of aromatic nitrogens is 2. The Balaban J connectivity index is 0.000000345. The molecular formula is C31H37FN4O8. The number of carboxylic acids is 3. The van der Waals surface area contributed by atoms with E-state index in [4.69, 9.17) is 20.4 Å². The number of aliphatic carboxylic acids is 3. The SMILES string of the molecule is CC(=O)NC1(c2ccccc2F)CCN(Cc2cnn(Cc3ccccc3)c2C)CC1.O=C(O)CC(O)(CC(=O)O)C(=O)O. The topological polar surface area (TPSA) is 182 Å². The van der Waals surface area contributed by atoms with Gasteiger partial charge in [-0.05, 0) is 31.4 Å². The summed E-state index contributed by atoms with van der Waals surface area (Å²) in [4.78, 5) is 44.8. The van der Waals surface area contributed by atoms with Gasteiger partial charge in [0.2, 0.25) is 5.91 Å². The highest BCUT2D eigenvalue weighted by Crippen LogP contribution is 2.35. The largest absolute Gasteiger partial charge is 0.481 e. The lowest BCUT2D eigenvalue weighted by atomic mass is 9.80. The summed E-state index contributed by atoms with van der Waals surface area (Å²) in [5.74, 6) is -5.41. The van der Waals surface area contributed by atoms with E-state index in [0.717, 1.165) is 31.9 Å². The smallest absolute Gasteiger partial charge is 0.336 e. The summed E-state index contributed by atoms with van der Waals surface area (Å²) in [6.07, 6.45) is 1.00. The average molecular weight is 613 g/mol. The molecule has 5 N–H and O–H groups in total. The Labute approximate surface area is 253 Å². The molecule has 1 aromatic heterocycles. The summed E-state index contributed by atoms with van der Waals surface area (Å²) in [6, 6.07) is 17.1. The highest BCUT2D eigenvalue weighted by atomic mass is 19.1. The number of carbonyl (C=O) groups excluding carboxylic acids is 1. The van der Waals surface area contributed by atoms with Crippen molar-refractivity contribution in [1.29, 1.82) is 0 Å². The van der Waals surface area contributed by atoms with E-state index in [1.54, 1.807) is 12.1 Å². The third-order valence-electron chi connectivity index (χ3n) is 7.57. The number of hydrogen-bond donors (Lipinski definition) is 5. The van der Waals surface area contributed by atoms with Crippen LogP contribution in [0.4, 0.5) is 4.39 Å². The van der Waals surface area contributed by atoms with Crippen LogP contribution in [0.2, 0.25) is 0 Å². The first kappa shape index (κ1) is 33.9. The second kappa shape index (κ2) is 14.7. The molecule has 3 aromatic rings. The van der Waals surface area contributed by atoms with E-state index in [-0.39, 0.29) is 11.7 Å². The van der Waals surface area contributed by atoms with Gasteiger partial charge in [0.05, 0.1) is 31.1 Å². The monoisotopic (exact) mass is 612 g/mol. The first-order valence-electron chi connectivity index (χ1n) is 14.0. The molecule has 4 rings (SSSR count). The number of hydrogen-bond acceptors (Lipinski definition) is 7. The summed E-state index contributed by atoms with van der Waals surface area (Å²) in [6.45, 7) is 6.71. The van der Waals surface area contributed by atoms with E-state index in [1.165, 1.54) is 24.1 Å². The number of amides is 1. The van der Waals surface area contributed by atoms with Gasteiger partial charge in [0.1, 0.15) is 5.82 Å². The second-order valence-electron chi connectivity index (χ2n) is 10.9. The zero-order valence-electron chi connectivity index (χ0n) is 24.6. The van der Waals surface area contributed by atoms with Gasteiger partial charge in [-0.25, -0.2) is 9.18 Å². The molecule has 2 aromatic carbocycles. The average Bonchev–Trinajstić information content (AvgIpc) is 3.28. The maximum Gasteiger partial charge on any atom is 0.336 e. The van der Waals surface area contributed by atoms with Gasteiger partial charge in [-0.2, -0.15) is 5.10 Å². The van der Waals surface area contributed by atoms with Crippen molar-refractivity contribution in [2.75, 3.05) is 13.1 Å². The van der Waals surface area contributed by atoms with Gasteiger partial charge in [0.25, 0.3) is 0 Å². The first-order chi connectivity index (χ1) is 20.7. The van der Waals surface area contributed by atoms with Crippen LogP contribution in [0.25, 0.3) is 0 Å². The Morgan fingerprint density at radius 2 is 1.50 bits per heavy atom. The number of likely N-dealkylation sites (tertiary alicyclic amines) is 1. The molecule has 12 nitrogen and oxygen atoms in total. The van der Waals surface area contributed by atoms with E-state index >= 15 is 0 Å². The van der Waals surface area contributed by atoms with Crippen LogP contribution in [0.15, 0.2) is 60.8 Å². The molecule has 0 spiro atoms. The fraction of sp³-hybridized carbons (Fsp3) is 0.387. The Hall–Kier alpha value is -4.62. The Bertz CT molecular complexity index is 1450. The van der Waals surface area contributed by atoms with E-state index in [2.05, 4.69) is 34.4 Å². The summed E-state index contributed by atoms with van der Waals surface area (Å²) in [5.41, 5.74) is 0.781. The molecule has 0 saturated carbocycles. The van der Waals surface area contributed by atoms with Crippen molar-refractivity contribution in [3.8, 4) is 0 Å². The molecule has 1 aliphatic rings. The van der Waals surface area contributed by atoms with Gasteiger partial charge in [0.15, 0.2) is 5.60 Å². The molecular weight excluding hydrogens is 575 g/mol. The van der Waals surface area contributed by atoms with Crippen molar-refractivity contribution in [2.45, 2.75) is 63.8 Å². The normalized spacial score (nSPS) is 14.6. The number of nitrogens with one attached hydrogen (secondary N) is 1. The van der Waals surface area contributed by atoms with Crippen molar-refractivity contribution < 1.29 is 44.0 Å². The third-order valence-corrected chi connectivity index (χ3v) is 7.57. The molecule has 2 heterocycles. The maximum atomic E-state index is 14.6. The zero-order valence-corrected chi connectivity index (χ0v) is 24.6. The van der Waals surface area contributed by atoms with Crippen LogP contribution >= 0.6 is 0 Å². The number of carbonyl (C=O) groups is 4. The van der Waals surface area contributed by atoms with Crippen LogP contribution in [0.1, 0.15) is 55.0 Å². The Morgan fingerprint density at radius 3 is 2.02 bits per heavy atom. The van der Waals surface area contributed by atoms with Crippen LogP contribution in [-0.4, -0.2) is 77.6 Å². The minimum absolute atomic E-state index is 0.130. The molecule has 13 heteroatoms. The van der Waals surface area contributed by atoms with Crippen LogP contribution in [0.5, 0.6) is 0 Å². The highest BCUT2D eigenvalue weighted by Gasteiger charge is 2.41. The second-order valence-corrected chi connectivity index (χ2v) is 10.9. The fourth-order valence-electron chi connectivity index (χ4n) is 5.25. The lowest BCUT2D eigenvalue weighted by Crippen LogP contribution is -2.52. The summed E-state index contributed by atoms with van der Waals surface area (Å²) < 4.78 is 16.6. The van der Waals surface area contributed by atoms with Crippen LogP contribution in [0.3, 0.4) is 0 Å². The van der Waals surface area contributed by atoms with E-state index in [9.17, 15) is 23.6 Å². The third kappa shape index (κ3) is 8.94. The lowest BCUT2D eigenvalue weighted by Gasteiger charge is -2.42. The predicted octanol–water partition coefficient (Wildman–Crippen LogP) is 2.76. The Kier molecular flexibility index (Phi) is 11.3. The Morgan fingerprint density at radius 1 is 0.932 bits per heavy atom. The number of nitrogens with zero attached hydrogens (tertiary/aromatic N) is 3. The van der Waals surface area contributed by atoms with Crippen LogP contribution < -0.4 is 5.32 Å². The molecule has 0 unspecified atom stereocenters. The summed E-state index contributed by atoms with van der Waals surface area (Å²) in [5, 5.41) is 41.5. The highest BCUT2D eigenvalue weighted by molar-refractivity contribution is 5.88. The van der Waals surface area contributed by atoms with Gasteiger partial charge in [-0.15, -0.1) is 0 Å². The summed E-state index contributed by atoms with van der Waals surface area (Å²) in [7, 11) is 0. The van der Waals surface area contributed by atoms with Gasteiger partial charge in [-0.1, -0.05) is 48.5 Å². The lowest BCUT2D eigenvalue weighted by molar-refractivity contribution is -0.170. The van der Waals surface area contributed by atoms with Crippen LogP contribution in [-0.2, 0) is 37.8 Å². The van der Waals surface area contributed by atoms with Crippen molar-refractivity contribution in [1.82, 2.24) is 20.0 Å². The van der Waals surface area contributed by atoms with Crippen molar-refractivity contribution in [2.24, 2.45) is 0 Å². The number of benzene rings is 2. The number of halogens is 1. The minimum atomic E-state index is -2.74. The van der Waals surface area contributed by atoms with Gasteiger partial charge in [0, 0.05) is 43.4 Å². The molecule has 0 atom stereocenters. The van der Waals surface area contributed by atoms with Gasteiger partial charge < -0.3 is 25.7 Å². The quantitative estimate of drug-likeness (QED) is 0.216. The molecule has 1 aliphatic heterocycles. The number of piperidine rings is 1. The van der Waals surface area contributed by atoms with Gasteiger partial charge in [-0.3, -0.25) is 24.0 Å². The van der Waals surface area contributed by atoms with Crippen LogP contribution in [0, 0.1) is 12.7 Å². The molecule has 1 amide bonds. The molecule has 0 aliphatic carbocycles. The molecule has 44 heavy (non-hydrogen) atoms. The van der Waals surface area contributed by atoms with Gasteiger partial charge >= 0.3 is 17.9 Å².